The molecular weight excluding hydrogens is 338 g/mol. The number of ether oxygens (including phenoxy) is 1. The van der Waals surface area contributed by atoms with Gasteiger partial charge in [-0.05, 0) is 38.1 Å². The summed E-state index contributed by atoms with van der Waals surface area (Å²) in [7, 11) is 0. The molecule has 4 rings (SSSR count). The highest BCUT2D eigenvalue weighted by atomic mass is 16.5. The van der Waals surface area contributed by atoms with Crippen molar-refractivity contribution in [3.05, 3.63) is 66.2 Å². The normalized spacial score (nSPS) is 14.6. The lowest BCUT2D eigenvalue weighted by Crippen LogP contribution is -2.29. The molecule has 3 aromatic rings. The summed E-state index contributed by atoms with van der Waals surface area (Å²) in [6.07, 6.45) is 9.67. The Bertz CT molecular complexity index is 953. The van der Waals surface area contributed by atoms with E-state index in [1.165, 1.54) is 0 Å². The summed E-state index contributed by atoms with van der Waals surface area (Å²) in [5.74, 6) is 0.676. The van der Waals surface area contributed by atoms with Gasteiger partial charge in [-0.25, -0.2) is 0 Å². The molecule has 6 nitrogen and oxygen atoms in total. The smallest absolute Gasteiger partial charge is 0.138 e. The molecule has 1 saturated heterocycles. The van der Waals surface area contributed by atoms with Gasteiger partial charge in [-0.3, -0.25) is 9.67 Å². The van der Waals surface area contributed by atoms with Gasteiger partial charge in [-0.2, -0.15) is 10.4 Å². The molecule has 6 heteroatoms. The van der Waals surface area contributed by atoms with Gasteiger partial charge in [-0.1, -0.05) is 18.2 Å². The third-order valence-corrected chi connectivity index (χ3v) is 4.86. The van der Waals surface area contributed by atoms with E-state index < -0.39 is 0 Å². The molecule has 2 aromatic heterocycles. The summed E-state index contributed by atoms with van der Waals surface area (Å²) in [6.45, 7) is 2.41. The molecule has 0 radical (unpaired) electrons. The van der Waals surface area contributed by atoms with E-state index in [1.807, 2.05) is 36.7 Å². The second-order valence-electron chi connectivity index (χ2n) is 6.66. The Hall–Kier alpha value is -3.17. The lowest BCUT2D eigenvalue weighted by atomic mass is 10.1. The first-order chi connectivity index (χ1) is 13.3. The highest BCUT2D eigenvalue weighted by molar-refractivity contribution is 5.62. The van der Waals surface area contributed by atoms with Crippen LogP contribution >= 0.6 is 0 Å². The molecular formula is C21H21N5O. The van der Waals surface area contributed by atoms with Crippen molar-refractivity contribution in [2.75, 3.05) is 13.1 Å². The summed E-state index contributed by atoms with van der Waals surface area (Å²) in [5, 5.41) is 17.1. The first-order valence-corrected chi connectivity index (χ1v) is 9.14. The molecule has 3 heterocycles. The van der Waals surface area contributed by atoms with E-state index in [0.717, 1.165) is 42.6 Å². The molecule has 1 aliphatic rings. The Morgan fingerprint density at radius 1 is 1.15 bits per heavy atom. The van der Waals surface area contributed by atoms with Crippen LogP contribution in [0.15, 0.2) is 55.1 Å². The highest BCUT2D eigenvalue weighted by Crippen LogP contribution is 2.25. The zero-order chi connectivity index (χ0) is 18.5. The molecule has 1 fully saturated rings. The third-order valence-electron chi connectivity index (χ3n) is 4.86. The Morgan fingerprint density at radius 3 is 2.85 bits per heavy atom. The van der Waals surface area contributed by atoms with Gasteiger partial charge in [0.25, 0.3) is 0 Å². The molecule has 0 saturated carbocycles. The lowest BCUT2D eigenvalue weighted by molar-refractivity contribution is 0.305. The van der Waals surface area contributed by atoms with Gasteiger partial charge in [0, 0.05) is 29.1 Å². The minimum absolute atomic E-state index is 0.337. The van der Waals surface area contributed by atoms with Crippen LogP contribution in [0.25, 0.3) is 11.1 Å². The van der Waals surface area contributed by atoms with Crippen LogP contribution in [-0.4, -0.2) is 27.9 Å². The first kappa shape index (κ1) is 17.3. The minimum Gasteiger partial charge on any atom is -0.487 e. The molecule has 1 aromatic carbocycles. The van der Waals surface area contributed by atoms with Gasteiger partial charge < -0.3 is 10.1 Å². The molecule has 0 amide bonds. The zero-order valence-corrected chi connectivity index (χ0v) is 15.0. The van der Waals surface area contributed by atoms with E-state index in [2.05, 4.69) is 32.3 Å². The summed E-state index contributed by atoms with van der Waals surface area (Å²) >= 11 is 0. The fourth-order valence-electron chi connectivity index (χ4n) is 3.33. The van der Waals surface area contributed by atoms with Gasteiger partial charge in [0.15, 0.2) is 0 Å². The largest absolute Gasteiger partial charge is 0.487 e. The van der Waals surface area contributed by atoms with Crippen LogP contribution in [0, 0.1) is 11.3 Å². The van der Waals surface area contributed by atoms with Crippen molar-refractivity contribution in [3.63, 3.8) is 0 Å². The zero-order valence-electron chi connectivity index (χ0n) is 15.0. The van der Waals surface area contributed by atoms with Crippen LogP contribution in [-0.2, 0) is 6.61 Å². The van der Waals surface area contributed by atoms with Crippen molar-refractivity contribution in [2.24, 2.45) is 0 Å². The average Bonchev–Trinajstić information content (AvgIpc) is 3.24. The molecule has 0 aliphatic carbocycles. The predicted octanol–water partition coefficient (Wildman–Crippen LogP) is 3.32. The molecule has 136 valence electrons. The number of hydrogen-bond donors (Lipinski definition) is 1. The SMILES string of the molecule is N#Cc1ccccc1COc1cncc(-c2cnn(C3CCNCC3)c2)c1. The Balaban J connectivity index is 1.48. The van der Waals surface area contributed by atoms with Crippen LogP contribution in [0.1, 0.15) is 30.0 Å². The third kappa shape index (κ3) is 3.99. The van der Waals surface area contributed by atoms with Crippen molar-refractivity contribution in [1.29, 1.82) is 5.26 Å². The number of pyridine rings is 1. The minimum atomic E-state index is 0.337. The van der Waals surface area contributed by atoms with Crippen LogP contribution in [0.4, 0.5) is 0 Å². The molecule has 0 spiro atoms. The Labute approximate surface area is 158 Å². The fourth-order valence-corrected chi connectivity index (χ4v) is 3.33. The van der Waals surface area contributed by atoms with Crippen LogP contribution < -0.4 is 10.1 Å². The number of piperidine rings is 1. The van der Waals surface area contributed by atoms with Crippen molar-refractivity contribution >= 4 is 0 Å². The van der Waals surface area contributed by atoms with E-state index >= 15 is 0 Å². The maximum absolute atomic E-state index is 9.19. The van der Waals surface area contributed by atoms with Crippen molar-refractivity contribution in [1.82, 2.24) is 20.1 Å². The summed E-state index contributed by atoms with van der Waals surface area (Å²) in [6, 6.07) is 12.1. The highest BCUT2D eigenvalue weighted by Gasteiger charge is 2.16. The standard InChI is InChI=1S/C21H21N5O/c22-10-16-3-1-2-4-17(16)15-27-21-9-18(11-24-13-21)19-12-25-26(14-19)20-5-7-23-8-6-20/h1-4,9,11-14,20,23H,5-8,15H2. The van der Waals surface area contributed by atoms with Gasteiger partial charge in [0.1, 0.15) is 12.4 Å². The maximum atomic E-state index is 9.19. The number of nitrogens with one attached hydrogen (secondary N) is 1. The number of hydrogen-bond acceptors (Lipinski definition) is 5. The Morgan fingerprint density at radius 2 is 2.00 bits per heavy atom. The first-order valence-electron chi connectivity index (χ1n) is 9.14. The molecule has 27 heavy (non-hydrogen) atoms. The second kappa shape index (κ2) is 8.02. The molecule has 0 atom stereocenters. The summed E-state index contributed by atoms with van der Waals surface area (Å²) < 4.78 is 7.93. The van der Waals surface area contributed by atoms with Crippen molar-refractivity contribution < 1.29 is 4.74 Å². The topological polar surface area (TPSA) is 75.8 Å². The van der Waals surface area contributed by atoms with Crippen LogP contribution in [0.2, 0.25) is 0 Å². The van der Waals surface area contributed by atoms with Gasteiger partial charge in [0.2, 0.25) is 0 Å². The maximum Gasteiger partial charge on any atom is 0.138 e. The van der Waals surface area contributed by atoms with Crippen LogP contribution in [0.3, 0.4) is 0 Å². The monoisotopic (exact) mass is 359 g/mol. The second-order valence-corrected chi connectivity index (χ2v) is 6.66. The number of nitriles is 1. The lowest BCUT2D eigenvalue weighted by Gasteiger charge is -2.22. The predicted molar refractivity (Wildman–Crippen MR) is 102 cm³/mol. The van der Waals surface area contributed by atoms with Gasteiger partial charge in [-0.15, -0.1) is 0 Å². The quantitative estimate of drug-likeness (QED) is 0.756. The van der Waals surface area contributed by atoms with Crippen LogP contribution in [0.5, 0.6) is 5.75 Å². The van der Waals surface area contributed by atoms with Crippen molar-refractivity contribution in [3.8, 4) is 22.9 Å². The fraction of sp³-hybridized carbons (Fsp3) is 0.286. The van der Waals surface area contributed by atoms with Gasteiger partial charge in [0.05, 0.1) is 30.1 Å². The number of nitrogens with zero attached hydrogens (tertiary/aromatic N) is 4. The average molecular weight is 359 g/mol. The van der Waals surface area contributed by atoms with Crippen molar-refractivity contribution in [2.45, 2.75) is 25.5 Å². The molecule has 1 N–H and O–H groups in total. The molecule has 1 aliphatic heterocycles. The van der Waals surface area contributed by atoms with E-state index in [1.54, 1.807) is 12.3 Å². The van der Waals surface area contributed by atoms with E-state index in [4.69, 9.17) is 4.74 Å². The summed E-state index contributed by atoms with van der Waals surface area (Å²) in [4.78, 5) is 4.30. The molecule has 0 bridgehead atoms. The van der Waals surface area contributed by atoms with E-state index in [-0.39, 0.29) is 0 Å². The summed E-state index contributed by atoms with van der Waals surface area (Å²) in [5.41, 5.74) is 3.50. The van der Waals surface area contributed by atoms with Gasteiger partial charge >= 0.3 is 0 Å². The number of benzene rings is 1. The Kier molecular flexibility index (Phi) is 5.13. The van der Waals surface area contributed by atoms with E-state index in [9.17, 15) is 5.26 Å². The van der Waals surface area contributed by atoms with E-state index in [0.29, 0.717) is 24.0 Å². The molecule has 0 unspecified atom stereocenters. The number of aromatic nitrogens is 3. The number of rotatable bonds is 5.